The first-order chi connectivity index (χ1) is 15.5. The quantitative estimate of drug-likeness (QED) is 0.408. The van der Waals surface area contributed by atoms with Crippen LogP contribution < -0.4 is 4.74 Å². The molecule has 1 fully saturated rings. The van der Waals surface area contributed by atoms with E-state index in [1.807, 2.05) is 48.5 Å². The van der Waals surface area contributed by atoms with Crippen LogP contribution in [-0.4, -0.2) is 17.1 Å². The highest BCUT2D eigenvalue weighted by atomic mass is 16.5. The number of para-hydroxylation sites is 1. The third-order valence-corrected chi connectivity index (χ3v) is 6.56. The number of hydrogen-bond donors (Lipinski definition) is 0. The monoisotopic (exact) mass is 431 g/mol. The highest BCUT2D eigenvalue weighted by Crippen LogP contribution is 2.35. The lowest BCUT2D eigenvalue weighted by Gasteiger charge is -2.36. The van der Waals surface area contributed by atoms with Crippen LogP contribution in [0.1, 0.15) is 51.3 Å². The number of hydrogen-bond acceptors (Lipinski definition) is 4. The Labute approximate surface area is 191 Å². The van der Waals surface area contributed by atoms with E-state index in [1.54, 1.807) is 0 Å². The first-order valence-electron chi connectivity index (χ1n) is 11.7. The van der Waals surface area contributed by atoms with Crippen molar-refractivity contribution in [2.45, 2.75) is 59.2 Å². The molecule has 0 amide bonds. The number of carbonyl (C=O) groups excluding carboxylic acids is 1. The first kappa shape index (κ1) is 22.3. The molecule has 4 heteroatoms. The van der Waals surface area contributed by atoms with Gasteiger partial charge in [0.25, 0.3) is 0 Å². The molecule has 0 unspecified atom stereocenters. The third kappa shape index (κ3) is 5.67. The molecule has 0 spiro atoms. The van der Waals surface area contributed by atoms with Gasteiger partial charge in [0.05, 0.1) is 17.6 Å². The Morgan fingerprint density at radius 3 is 2.59 bits per heavy atom. The topological polar surface area (TPSA) is 48.4 Å². The SMILES string of the molecule is CC(C)[C@H]1CC[C@H](C)C[C@@H]1OC(=O)Cc1ccc(OCc2ccc3ccccc3n2)cc1. The molecular weight excluding hydrogens is 398 g/mol. The molecule has 168 valence electrons. The predicted molar refractivity (Wildman–Crippen MR) is 127 cm³/mol. The molecule has 0 aliphatic heterocycles. The maximum absolute atomic E-state index is 12.6. The highest BCUT2D eigenvalue weighted by Gasteiger charge is 2.33. The lowest BCUT2D eigenvalue weighted by atomic mass is 9.75. The fourth-order valence-corrected chi connectivity index (χ4v) is 4.68. The second-order valence-electron chi connectivity index (χ2n) is 9.46. The summed E-state index contributed by atoms with van der Waals surface area (Å²) in [5.74, 6) is 2.25. The van der Waals surface area contributed by atoms with Crippen molar-refractivity contribution in [1.29, 1.82) is 0 Å². The zero-order valence-electron chi connectivity index (χ0n) is 19.3. The smallest absolute Gasteiger partial charge is 0.310 e. The molecule has 4 rings (SSSR count). The van der Waals surface area contributed by atoms with Crippen LogP contribution in [0.3, 0.4) is 0 Å². The summed E-state index contributed by atoms with van der Waals surface area (Å²) in [7, 11) is 0. The van der Waals surface area contributed by atoms with Gasteiger partial charge in [-0.05, 0) is 60.4 Å². The summed E-state index contributed by atoms with van der Waals surface area (Å²) in [4.78, 5) is 17.2. The molecule has 1 aliphatic rings. The normalized spacial score (nSPS) is 20.9. The number of ether oxygens (including phenoxy) is 2. The Morgan fingerprint density at radius 1 is 1.03 bits per heavy atom. The van der Waals surface area contributed by atoms with E-state index in [4.69, 9.17) is 9.47 Å². The van der Waals surface area contributed by atoms with Crippen LogP contribution >= 0.6 is 0 Å². The third-order valence-electron chi connectivity index (χ3n) is 6.56. The largest absolute Gasteiger partial charge is 0.487 e. The molecule has 0 saturated heterocycles. The van der Waals surface area contributed by atoms with Crippen molar-refractivity contribution in [3.8, 4) is 5.75 Å². The molecule has 3 aromatic rings. The first-order valence-corrected chi connectivity index (χ1v) is 11.7. The van der Waals surface area contributed by atoms with Gasteiger partial charge in [0.2, 0.25) is 0 Å². The molecule has 32 heavy (non-hydrogen) atoms. The minimum atomic E-state index is -0.135. The Morgan fingerprint density at radius 2 is 1.81 bits per heavy atom. The van der Waals surface area contributed by atoms with E-state index in [1.165, 1.54) is 6.42 Å². The van der Waals surface area contributed by atoms with Gasteiger partial charge in [0.15, 0.2) is 0 Å². The number of pyridine rings is 1. The Bertz CT molecular complexity index is 1040. The molecule has 1 aliphatic carbocycles. The maximum Gasteiger partial charge on any atom is 0.310 e. The van der Waals surface area contributed by atoms with Crippen molar-refractivity contribution >= 4 is 16.9 Å². The van der Waals surface area contributed by atoms with Crippen LogP contribution in [0.2, 0.25) is 0 Å². The van der Waals surface area contributed by atoms with E-state index in [-0.39, 0.29) is 12.1 Å². The van der Waals surface area contributed by atoms with Gasteiger partial charge in [0.1, 0.15) is 18.5 Å². The standard InChI is InChI=1S/C28H33NO3/c1-19(2)25-15-8-20(3)16-27(25)32-28(30)17-21-9-13-24(14-10-21)31-18-23-12-11-22-6-4-5-7-26(22)29-23/h4-7,9-14,19-20,25,27H,8,15-18H2,1-3H3/t20-,25+,27-/m0/s1. The van der Waals surface area contributed by atoms with Crippen molar-refractivity contribution < 1.29 is 14.3 Å². The second kappa shape index (κ2) is 10.2. The van der Waals surface area contributed by atoms with E-state index >= 15 is 0 Å². The molecule has 3 atom stereocenters. The fraction of sp³-hybridized carbons (Fsp3) is 0.429. The molecule has 0 radical (unpaired) electrons. The number of fused-ring (bicyclic) bond motifs is 1. The number of carbonyl (C=O) groups is 1. The van der Waals surface area contributed by atoms with E-state index in [0.717, 1.165) is 40.8 Å². The number of nitrogens with zero attached hydrogens (tertiary/aromatic N) is 1. The minimum Gasteiger partial charge on any atom is -0.487 e. The zero-order valence-corrected chi connectivity index (χ0v) is 19.3. The van der Waals surface area contributed by atoms with E-state index in [2.05, 4.69) is 37.9 Å². The lowest BCUT2D eigenvalue weighted by Crippen LogP contribution is -2.36. The number of aromatic nitrogens is 1. The van der Waals surface area contributed by atoms with E-state index < -0.39 is 0 Å². The maximum atomic E-state index is 12.6. The fourth-order valence-electron chi connectivity index (χ4n) is 4.68. The van der Waals surface area contributed by atoms with Crippen LogP contribution in [0.4, 0.5) is 0 Å². The summed E-state index contributed by atoms with van der Waals surface area (Å²) in [5, 5.41) is 1.12. The molecule has 0 bridgehead atoms. The predicted octanol–water partition coefficient (Wildman–Crippen LogP) is 6.36. The summed E-state index contributed by atoms with van der Waals surface area (Å²) in [5.41, 5.74) is 2.79. The summed E-state index contributed by atoms with van der Waals surface area (Å²) in [6.07, 6.45) is 3.69. The van der Waals surface area contributed by atoms with E-state index in [0.29, 0.717) is 30.8 Å². The summed E-state index contributed by atoms with van der Waals surface area (Å²) >= 11 is 0. The van der Waals surface area contributed by atoms with Crippen molar-refractivity contribution in [2.24, 2.45) is 17.8 Å². The van der Waals surface area contributed by atoms with Gasteiger partial charge in [-0.15, -0.1) is 0 Å². The van der Waals surface area contributed by atoms with Gasteiger partial charge in [-0.25, -0.2) is 4.98 Å². The molecule has 0 N–H and O–H groups in total. The van der Waals surface area contributed by atoms with Crippen LogP contribution in [0, 0.1) is 17.8 Å². The van der Waals surface area contributed by atoms with Crippen molar-refractivity contribution in [3.63, 3.8) is 0 Å². The van der Waals surface area contributed by atoms with Gasteiger partial charge < -0.3 is 9.47 Å². The molecular formula is C28H33NO3. The van der Waals surface area contributed by atoms with Gasteiger partial charge in [-0.3, -0.25) is 4.79 Å². The van der Waals surface area contributed by atoms with Crippen LogP contribution in [0.25, 0.3) is 10.9 Å². The van der Waals surface area contributed by atoms with Gasteiger partial charge in [0, 0.05) is 5.39 Å². The second-order valence-corrected chi connectivity index (χ2v) is 9.46. The average molecular weight is 432 g/mol. The van der Waals surface area contributed by atoms with Gasteiger partial charge in [-0.1, -0.05) is 63.6 Å². The molecule has 1 heterocycles. The number of benzene rings is 2. The summed E-state index contributed by atoms with van der Waals surface area (Å²) < 4.78 is 11.8. The average Bonchev–Trinajstić information content (AvgIpc) is 2.78. The molecule has 2 aromatic carbocycles. The van der Waals surface area contributed by atoms with Crippen LogP contribution in [0.15, 0.2) is 60.7 Å². The lowest BCUT2D eigenvalue weighted by molar-refractivity contribution is -0.155. The molecule has 1 aromatic heterocycles. The van der Waals surface area contributed by atoms with Crippen LogP contribution in [-0.2, 0) is 22.6 Å². The summed E-state index contributed by atoms with van der Waals surface area (Å²) in [6.45, 7) is 7.12. The Kier molecular flexibility index (Phi) is 7.09. The van der Waals surface area contributed by atoms with Crippen molar-refractivity contribution in [2.75, 3.05) is 0 Å². The molecule has 1 saturated carbocycles. The minimum absolute atomic E-state index is 0.0447. The highest BCUT2D eigenvalue weighted by molar-refractivity contribution is 5.78. The Balaban J connectivity index is 1.30. The van der Waals surface area contributed by atoms with Gasteiger partial charge >= 0.3 is 5.97 Å². The Hall–Kier alpha value is -2.88. The van der Waals surface area contributed by atoms with Gasteiger partial charge in [-0.2, -0.15) is 0 Å². The summed E-state index contributed by atoms with van der Waals surface area (Å²) in [6, 6.07) is 19.8. The zero-order chi connectivity index (χ0) is 22.5. The van der Waals surface area contributed by atoms with Crippen molar-refractivity contribution in [3.05, 3.63) is 71.9 Å². The molecule has 4 nitrogen and oxygen atoms in total. The number of esters is 1. The van der Waals surface area contributed by atoms with E-state index in [9.17, 15) is 4.79 Å². The number of rotatable bonds is 7. The van der Waals surface area contributed by atoms with Crippen molar-refractivity contribution in [1.82, 2.24) is 4.98 Å². The van der Waals surface area contributed by atoms with Crippen LogP contribution in [0.5, 0.6) is 5.75 Å².